The van der Waals surface area contributed by atoms with Gasteiger partial charge in [-0.2, -0.15) is 4.98 Å². The molecule has 0 fully saturated rings. The summed E-state index contributed by atoms with van der Waals surface area (Å²) in [6, 6.07) is 7.12. The highest BCUT2D eigenvalue weighted by atomic mass is 16.6. The van der Waals surface area contributed by atoms with Gasteiger partial charge in [0.15, 0.2) is 11.3 Å². The van der Waals surface area contributed by atoms with Crippen LogP contribution in [0.1, 0.15) is 0 Å². The Kier molecular flexibility index (Phi) is 2.13. The Morgan fingerprint density at radius 3 is 2.87 bits per heavy atom. The largest absolute Gasteiger partial charge is 0.409 e. The maximum absolute atomic E-state index is 10.6. The monoisotopic (exact) mass is 204 g/mol. The molecule has 1 heterocycles. The third-order valence-corrected chi connectivity index (χ3v) is 1.76. The van der Waals surface area contributed by atoms with Gasteiger partial charge in [0, 0.05) is 0 Å². The molecule has 0 atom stereocenters. The van der Waals surface area contributed by atoms with Gasteiger partial charge in [0.1, 0.15) is 5.52 Å². The second kappa shape index (κ2) is 3.45. The van der Waals surface area contributed by atoms with Crippen LogP contribution in [0.5, 0.6) is 6.08 Å². The molecule has 5 heteroatoms. The predicted molar refractivity (Wildman–Crippen MR) is 53.0 cm³/mol. The maximum atomic E-state index is 10.6. The first-order valence-corrected chi connectivity index (χ1v) is 4.19. The molecule has 0 radical (unpaired) electrons. The van der Waals surface area contributed by atoms with E-state index in [0.717, 1.165) is 0 Å². The standard InChI is InChI=1S/C10H8N2O3/c1-6(9(11)13)14-10-12-7-4-2-3-5-8(7)15-10/h2-5H,1H2,(H2,11,13). The third-order valence-electron chi connectivity index (χ3n) is 1.76. The van der Waals surface area contributed by atoms with Gasteiger partial charge in [0.05, 0.1) is 0 Å². The van der Waals surface area contributed by atoms with Crippen LogP contribution in [0.25, 0.3) is 11.1 Å². The molecule has 2 aromatic rings. The van der Waals surface area contributed by atoms with Gasteiger partial charge in [-0.1, -0.05) is 12.1 Å². The lowest BCUT2D eigenvalue weighted by Crippen LogP contribution is -2.17. The molecule has 0 saturated heterocycles. The van der Waals surface area contributed by atoms with Gasteiger partial charge < -0.3 is 14.9 Å². The molecule has 0 unspecified atom stereocenters. The number of nitrogens with zero attached hydrogens (tertiary/aromatic N) is 1. The van der Waals surface area contributed by atoms with Crippen LogP contribution in [0.15, 0.2) is 41.0 Å². The fraction of sp³-hybridized carbons (Fsp3) is 0. The van der Waals surface area contributed by atoms with Gasteiger partial charge in [-0.25, -0.2) is 0 Å². The lowest BCUT2D eigenvalue weighted by atomic mass is 10.3. The number of fused-ring (bicyclic) bond motifs is 1. The highest BCUT2D eigenvalue weighted by Crippen LogP contribution is 2.20. The van der Waals surface area contributed by atoms with E-state index in [1.807, 2.05) is 6.07 Å². The van der Waals surface area contributed by atoms with E-state index < -0.39 is 5.91 Å². The number of carbonyl (C=O) groups is 1. The van der Waals surface area contributed by atoms with E-state index in [0.29, 0.717) is 11.1 Å². The van der Waals surface area contributed by atoms with Crippen LogP contribution < -0.4 is 10.5 Å². The Labute approximate surface area is 85.1 Å². The molecule has 0 spiro atoms. The van der Waals surface area contributed by atoms with Crippen molar-refractivity contribution in [1.82, 2.24) is 4.98 Å². The zero-order valence-electron chi connectivity index (χ0n) is 7.77. The van der Waals surface area contributed by atoms with Crippen molar-refractivity contribution in [1.29, 1.82) is 0 Å². The number of oxazole rings is 1. The molecule has 1 aromatic heterocycles. The van der Waals surface area contributed by atoms with E-state index in [4.69, 9.17) is 14.9 Å². The quantitative estimate of drug-likeness (QED) is 0.602. The summed E-state index contributed by atoms with van der Waals surface area (Å²) in [5.41, 5.74) is 6.16. The number of amides is 1. The van der Waals surface area contributed by atoms with Crippen molar-refractivity contribution >= 4 is 17.0 Å². The highest BCUT2D eigenvalue weighted by molar-refractivity contribution is 5.89. The van der Waals surface area contributed by atoms with E-state index in [1.54, 1.807) is 18.2 Å². The number of benzene rings is 1. The minimum atomic E-state index is -0.753. The molecule has 5 nitrogen and oxygen atoms in total. The van der Waals surface area contributed by atoms with Crippen LogP contribution in [-0.2, 0) is 4.79 Å². The second-order valence-corrected chi connectivity index (χ2v) is 2.84. The molecule has 1 amide bonds. The van der Waals surface area contributed by atoms with Crippen molar-refractivity contribution in [2.75, 3.05) is 0 Å². The summed E-state index contributed by atoms with van der Waals surface area (Å²) in [5, 5.41) is 0. The SMILES string of the molecule is C=C(Oc1nc2ccccc2o1)C(N)=O. The fourth-order valence-corrected chi connectivity index (χ4v) is 1.05. The molecule has 76 valence electrons. The first-order chi connectivity index (χ1) is 7.16. The number of hydrogen-bond acceptors (Lipinski definition) is 4. The Morgan fingerprint density at radius 1 is 1.47 bits per heavy atom. The average molecular weight is 204 g/mol. The van der Waals surface area contributed by atoms with Gasteiger partial charge in [-0.05, 0) is 18.7 Å². The molecular formula is C10H8N2O3. The minimum Gasteiger partial charge on any atom is -0.409 e. The molecule has 2 rings (SSSR count). The minimum absolute atomic E-state index is 0.0417. The Morgan fingerprint density at radius 2 is 2.20 bits per heavy atom. The van der Waals surface area contributed by atoms with Gasteiger partial charge in [-0.15, -0.1) is 0 Å². The molecule has 0 aliphatic rings. The number of carbonyl (C=O) groups excluding carboxylic acids is 1. The van der Waals surface area contributed by atoms with Crippen LogP contribution in [0, 0.1) is 0 Å². The van der Waals surface area contributed by atoms with E-state index in [-0.39, 0.29) is 11.8 Å². The number of ether oxygens (including phenoxy) is 1. The van der Waals surface area contributed by atoms with Crippen LogP contribution in [0.3, 0.4) is 0 Å². The fourth-order valence-electron chi connectivity index (χ4n) is 1.05. The summed E-state index contributed by atoms with van der Waals surface area (Å²) in [6.45, 7) is 3.32. The number of primary amides is 1. The molecular weight excluding hydrogens is 196 g/mol. The zero-order chi connectivity index (χ0) is 10.8. The molecule has 0 aliphatic heterocycles. The van der Waals surface area contributed by atoms with E-state index in [9.17, 15) is 4.79 Å². The van der Waals surface area contributed by atoms with Crippen molar-refractivity contribution in [2.45, 2.75) is 0 Å². The zero-order valence-corrected chi connectivity index (χ0v) is 7.77. The summed E-state index contributed by atoms with van der Waals surface area (Å²) >= 11 is 0. The lowest BCUT2D eigenvalue weighted by molar-refractivity contribution is -0.116. The summed E-state index contributed by atoms with van der Waals surface area (Å²) in [5.74, 6) is -0.959. The molecule has 0 saturated carbocycles. The Bertz CT molecular complexity index is 497. The van der Waals surface area contributed by atoms with Gasteiger partial charge in [0.2, 0.25) is 0 Å². The van der Waals surface area contributed by atoms with Crippen LogP contribution in [0.4, 0.5) is 0 Å². The molecule has 1 aromatic carbocycles. The van der Waals surface area contributed by atoms with Crippen LogP contribution in [-0.4, -0.2) is 10.9 Å². The smallest absolute Gasteiger partial charge is 0.400 e. The van der Waals surface area contributed by atoms with Crippen molar-refractivity contribution in [3.05, 3.63) is 36.6 Å². The van der Waals surface area contributed by atoms with E-state index in [2.05, 4.69) is 11.6 Å². The molecule has 15 heavy (non-hydrogen) atoms. The highest BCUT2D eigenvalue weighted by Gasteiger charge is 2.10. The van der Waals surface area contributed by atoms with E-state index in [1.165, 1.54) is 0 Å². The first-order valence-electron chi connectivity index (χ1n) is 4.19. The van der Waals surface area contributed by atoms with Crippen molar-refractivity contribution in [2.24, 2.45) is 5.73 Å². The number of nitrogens with two attached hydrogens (primary N) is 1. The molecule has 2 N–H and O–H groups in total. The topological polar surface area (TPSA) is 78.3 Å². The molecule has 0 bridgehead atoms. The second-order valence-electron chi connectivity index (χ2n) is 2.84. The average Bonchev–Trinajstić information content (AvgIpc) is 2.59. The van der Waals surface area contributed by atoms with Crippen molar-refractivity contribution < 1.29 is 13.9 Å². The number of hydrogen-bond donors (Lipinski definition) is 1. The predicted octanol–water partition coefficient (Wildman–Crippen LogP) is 1.21. The normalized spacial score (nSPS) is 10.1. The summed E-state index contributed by atoms with van der Waals surface area (Å²) in [6.07, 6.45) is -0.0417. The van der Waals surface area contributed by atoms with Crippen LogP contribution in [0.2, 0.25) is 0 Å². The van der Waals surface area contributed by atoms with Gasteiger partial charge in [0.25, 0.3) is 5.91 Å². The van der Waals surface area contributed by atoms with Crippen molar-refractivity contribution in [3.8, 4) is 6.08 Å². The van der Waals surface area contributed by atoms with E-state index >= 15 is 0 Å². The van der Waals surface area contributed by atoms with Gasteiger partial charge in [-0.3, -0.25) is 4.79 Å². The summed E-state index contributed by atoms with van der Waals surface area (Å²) < 4.78 is 10.1. The first kappa shape index (κ1) is 9.26. The maximum Gasteiger partial charge on any atom is 0.400 e. The molecule has 0 aliphatic carbocycles. The van der Waals surface area contributed by atoms with Gasteiger partial charge >= 0.3 is 6.08 Å². The Hall–Kier alpha value is -2.30. The number of rotatable bonds is 3. The van der Waals surface area contributed by atoms with Crippen LogP contribution >= 0.6 is 0 Å². The number of aromatic nitrogens is 1. The summed E-state index contributed by atoms with van der Waals surface area (Å²) in [4.78, 5) is 14.6. The lowest BCUT2D eigenvalue weighted by Gasteiger charge is -1.97. The Balaban J connectivity index is 2.30. The summed E-state index contributed by atoms with van der Waals surface area (Å²) in [7, 11) is 0. The number of para-hydroxylation sites is 2. The third kappa shape index (κ3) is 1.80. The van der Waals surface area contributed by atoms with Crippen molar-refractivity contribution in [3.63, 3.8) is 0 Å².